The number of ketones is 1. The lowest BCUT2D eigenvalue weighted by Gasteiger charge is -2.09. The molecule has 7 heteroatoms. The number of hydrogen-bond acceptors (Lipinski definition) is 4. The van der Waals surface area contributed by atoms with E-state index in [0.29, 0.717) is 32.9 Å². The standard InChI is InChI=1S/C18H16Cl2N2O3/c1-10-7-13(12(3)22(10)17-8-11(2)25-21-17)16(23)9-24-18-14(19)5-4-6-15(18)20/h4-8H,9H2,1-3H3. The second-order valence-electron chi connectivity index (χ2n) is 5.68. The molecule has 3 rings (SSSR count). The van der Waals surface area contributed by atoms with Crippen molar-refractivity contribution >= 4 is 29.0 Å². The first-order chi connectivity index (χ1) is 11.9. The van der Waals surface area contributed by atoms with Crippen LogP contribution in [-0.4, -0.2) is 22.1 Å². The highest BCUT2D eigenvalue weighted by molar-refractivity contribution is 6.37. The highest BCUT2D eigenvalue weighted by Crippen LogP contribution is 2.32. The fourth-order valence-electron chi connectivity index (χ4n) is 2.69. The van der Waals surface area contributed by atoms with Gasteiger partial charge in [-0.15, -0.1) is 0 Å². The van der Waals surface area contributed by atoms with Crippen LogP contribution < -0.4 is 4.74 Å². The van der Waals surface area contributed by atoms with Crippen molar-refractivity contribution in [1.82, 2.24) is 9.72 Å². The van der Waals surface area contributed by atoms with Crippen LogP contribution in [0.2, 0.25) is 10.0 Å². The third-order valence-corrected chi connectivity index (χ3v) is 4.44. The summed E-state index contributed by atoms with van der Waals surface area (Å²) in [6.07, 6.45) is 0. The average Bonchev–Trinajstić information content (AvgIpc) is 3.09. The third-order valence-electron chi connectivity index (χ3n) is 3.84. The first-order valence-electron chi connectivity index (χ1n) is 7.61. The molecule has 3 aromatic rings. The quantitative estimate of drug-likeness (QED) is 0.588. The lowest BCUT2D eigenvalue weighted by Crippen LogP contribution is -2.13. The van der Waals surface area contributed by atoms with E-state index in [4.69, 9.17) is 32.5 Å². The number of carbonyl (C=O) groups excluding carboxylic acids is 1. The lowest BCUT2D eigenvalue weighted by atomic mass is 10.1. The van der Waals surface area contributed by atoms with Crippen LogP contribution in [0.5, 0.6) is 5.75 Å². The maximum Gasteiger partial charge on any atom is 0.202 e. The minimum atomic E-state index is -0.171. The van der Waals surface area contributed by atoms with Crippen molar-refractivity contribution in [3.63, 3.8) is 0 Å². The lowest BCUT2D eigenvalue weighted by molar-refractivity contribution is 0.0921. The van der Waals surface area contributed by atoms with Gasteiger partial charge in [-0.25, -0.2) is 0 Å². The molecular formula is C18H16Cl2N2O3. The molecule has 0 bridgehead atoms. The molecule has 0 atom stereocenters. The second-order valence-corrected chi connectivity index (χ2v) is 6.49. The smallest absolute Gasteiger partial charge is 0.202 e. The van der Waals surface area contributed by atoms with E-state index in [9.17, 15) is 4.79 Å². The molecule has 0 spiro atoms. The highest BCUT2D eigenvalue weighted by atomic mass is 35.5. The maximum absolute atomic E-state index is 12.6. The van der Waals surface area contributed by atoms with Gasteiger partial charge in [0.25, 0.3) is 0 Å². The highest BCUT2D eigenvalue weighted by Gasteiger charge is 2.19. The van der Waals surface area contributed by atoms with E-state index < -0.39 is 0 Å². The number of hydrogen-bond donors (Lipinski definition) is 0. The largest absolute Gasteiger partial charge is 0.482 e. The molecular weight excluding hydrogens is 363 g/mol. The Morgan fingerprint density at radius 3 is 2.48 bits per heavy atom. The van der Waals surface area contributed by atoms with Gasteiger partial charge in [0.2, 0.25) is 5.78 Å². The van der Waals surface area contributed by atoms with Gasteiger partial charge in [-0.3, -0.25) is 9.36 Å². The van der Waals surface area contributed by atoms with Gasteiger partial charge in [-0.05, 0) is 39.0 Å². The summed E-state index contributed by atoms with van der Waals surface area (Å²) in [6, 6.07) is 8.65. The Balaban J connectivity index is 1.84. The van der Waals surface area contributed by atoms with Crippen LogP contribution in [0, 0.1) is 20.8 Å². The Morgan fingerprint density at radius 2 is 1.88 bits per heavy atom. The van der Waals surface area contributed by atoms with Crippen molar-refractivity contribution in [3.05, 3.63) is 63.1 Å². The summed E-state index contributed by atoms with van der Waals surface area (Å²) >= 11 is 12.1. The zero-order chi connectivity index (χ0) is 18.1. The van der Waals surface area contributed by atoms with E-state index in [1.807, 2.05) is 31.4 Å². The molecule has 0 saturated carbocycles. The summed E-state index contributed by atoms with van der Waals surface area (Å²) < 4.78 is 12.5. The van der Waals surface area contributed by atoms with Gasteiger partial charge in [-0.2, -0.15) is 0 Å². The third kappa shape index (κ3) is 3.43. The van der Waals surface area contributed by atoms with E-state index in [0.717, 1.165) is 11.4 Å². The van der Waals surface area contributed by atoms with Gasteiger partial charge in [0.1, 0.15) is 5.76 Å². The zero-order valence-corrected chi connectivity index (χ0v) is 15.5. The predicted molar refractivity (Wildman–Crippen MR) is 96.3 cm³/mol. The van der Waals surface area contributed by atoms with Crippen LogP contribution in [0.4, 0.5) is 0 Å². The number of halogens is 2. The van der Waals surface area contributed by atoms with Crippen LogP contribution in [0.25, 0.3) is 5.82 Å². The zero-order valence-electron chi connectivity index (χ0n) is 14.0. The number of Topliss-reactive ketones (excluding diaryl/α,β-unsaturated/α-hetero) is 1. The van der Waals surface area contributed by atoms with E-state index in [1.54, 1.807) is 24.3 Å². The van der Waals surface area contributed by atoms with Crippen LogP contribution in [0.15, 0.2) is 34.9 Å². The molecule has 0 aliphatic rings. The number of rotatable bonds is 5. The second kappa shape index (κ2) is 6.94. The summed E-state index contributed by atoms with van der Waals surface area (Å²) in [6.45, 7) is 5.41. The van der Waals surface area contributed by atoms with Crippen LogP contribution in [0.3, 0.4) is 0 Å². The first kappa shape index (κ1) is 17.6. The Hall–Kier alpha value is -2.24. The van der Waals surface area contributed by atoms with Gasteiger partial charge in [0, 0.05) is 23.0 Å². The molecule has 0 aliphatic carbocycles. The number of benzene rings is 1. The number of aryl methyl sites for hydroxylation is 2. The monoisotopic (exact) mass is 378 g/mol. The normalized spacial score (nSPS) is 10.9. The van der Waals surface area contributed by atoms with E-state index in [1.165, 1.54) is 0 Å². The average molecular weight is 379 g/mol. The first-order valence-corrected chi connectivity index (χ1v) is 8.36. The molecule has 0 fully saturated rings. The Labute approximate surface area is 155 Å². The molecule has 0 unspecified atom stereocenters. The molecule has 2 heterocycles. The van der Waals surface area contributed by atoms with Crippen molar-refractivity contribution in [2.45, 2.75) is 20.8 Å². The van der Waals surface area contributed by atoms with Gasteiger partial charge >= 0.3 is 0 Å². The number of nitrogens with zero attached hydrogens (tertiary/aromatic N) is 2. The predicted octanol–water partition coefficient (Wildman–Crippen LogP) is 4.96. The molecule has 1 aromatic carbocycles. The molecule has 25 heavy (non-hydrogen) atoms. The minimum Gasteiger partial charge on any atom is -0.482 e. The summed E-state index contributed by atoms with van der Waals surface area (Å²) in [5.74, 6) is 1.48. The fraction of sp³-hybridized carbons (Fsp3) is 0.222. The van der Waals surface area contributed by atoms with Gasteiger partial charge in [-0.1, -0.05) is 34.4 Å². The van der Waals surface area contributed by atoms with Crippen molar-refractivity contribution in [3.8, 4) is 11.6 Å². The number of para-hydroxylation sites is 1. The maximum atomic E-state index is 12.6. The molecule has 0 amide bonds. The molecule has 0 radical (unpaired) electrons. The molecule has 0 saturated heterocycles. The van der Waals surface area contributed by atoms with E-state index in [-0.39, 0.29) is 12.4 Å². The fourth-order valence-corrected chi connectivity index (χ4v) is 3.20. The van der Waals surface area contributed by atoms with E-state index >= 15 is 0 Å². The molecule has 2 aromatic heterocycles. The van der Waals surface area contributed by atoms with Crippen molar-refractivity contribution < 1.29 is 14.1 Å². The van der Waals surface area contributed by atoms with Crippen molar-refractivity contribution in [1.29, 1.82) is 0 Å². The Bertz CT molecular complexity index is 924. The van der Waals surface area contributed by atoms with Crippen LogP contribution in [-0.2, 0) is 0 Å². The van der Waals surface area contributed by atoms with Crippen LogP contribution in [0.1, 0.15) is 27.5 Å². The Kier molecular flexibility index (Phi) is 4.88. The van der Waals surface area contributed by atoms with Gasteiger partial charge < -0.3 is 9.26 Å². The molecule has 0 aliphatic heterocycles. The van der Waals surface area contributed by atoms with Crippen molar-refractivity contribution in [2.75, 3.05) is 6.61 Å². The van der Waals surface area contributed by atoms with E-state index in [2.05, 4.69) is 5.16 Å². The SMILES string of the molecule is Cc1cc(-n2c(C)cc(C(=O)COc3c(Cl)cccc3Cl)c2C)no1. The number of ether oxygens (including phenoxy) is 1. The number of aromatic nitrogens is 2. The summed E-state index contributed by atoms with van der Waals surface area (Å²) in [4.78, 5) is 12.6. The summed E-state index contributed by atoms with van der Waals surface area (Å²) in [5.41, 5.74) is 2.20. The molecule has 0 N–H and O–H groups in total. The van der Waals surface area contributed by atoms with Crippen molar-refractivity contribution in [2.24, 2.45) is 0 Å². The molecule has 5 nitrogen and oxygen atoms in total. The minimum absolute atomic E-state index is 0.161. The number of carbonyl (C=O) groups is 1. The summed E-state index contributed by atoms with van der Waals surface area (Å²) in [5, 5.41) is 4.74. The van der Waals surface area contributed by atoms with Crippen LogP contribution >= 0.6 is 23.2 Å². The van der Waals surface area contributed by atoms with Gasteiger partial charge in [0.15, 0.2) is 18.2 Å². The molecule has 130 valence electrons. The Morgan fingerprint density at radius 1 is 1.20 bits per heavy atom. The van der Waals surface area contributed by atoms with Gasteiger partial charge in [0.05, 0.1) is 10.0 Å². The topological polar surface area (TPSA) is 57.3 Å². The summed E-state index contributed by atoms with van der Waals surface area (Å²) in [7, 11) is 0.